The first-order valence-corrected chi connectivity index (χ1v) is 7.17. The molecule has 1 heterocycles. The third-order valence-electron chi connectivity index (χ3n) is 3.36. The molecule has 1 unspecified atom stereocenters. The second kappa shape index (κ2) is 6.92. The van der Waals surface area contributed by atoms with Gasteiger partial charge in [0.05, 0.1) is 12.7 Å². The number of carbonyl (C=O) groups is 1. The number of carbonyl (C=O) groups excluding carboxylic acids is 1. The second-order valence-electron chi connectivity index (χ2n) is 5.00. The number of nitrogens with zero attached hydrogens (tertiary/aromatic N) is 1. The van der Waals surface area contributed by atoms with Crippen molar-refractivity contribution in [3.8, 4) is 0 Å². The lowest BCUT2D eigenvalue weighted by molar-refractivity contribution is -0.138. The molecule has 0 aromatic heterocycles. The fourth-order valence-electron chi connectivity index (χ4n) is 2.30. The van der Waals surface area contributed by atoms with Crippen LogP contribution in [0.5, 0.6) is 0 Å². The van der Waals surface area contributed by atoms with E-state index in [0.29, 0.717) is 13.0 Å². The summed E-state index contributed by atoms with van der Waals surface area (Å²) in [4.78, 5) is 13.9. The van der Waals surface area contributed by atoms with E-state index < -0.39 is 0 Å². The molecule has 19 heavy (non-hydrogen) atoms. The van der Waals surface area contributed by atoms with Crippen molar-refractivity contribution in [1.82, 2.24) is 4.90 Å². The Balaban J connectivity index is 1.73. The number of morpholine rings is 1. The van der Waals surface area contributed by atoms with Crippen molar-refractivity contribution in [3.63, 3.8) is 0 Å². The Morgan fingerprint density at radius 3 is 2.84 bits per heavy atom. The predicted octanol–water partition coefficient (Wildman–Crippen LogP) is 2.91. The smallest absolute Gasteiger partial charge is 0.222 e. The molecule has 1 fully saturated rings. The lowest BCUT2D eigenvalue weighted by atomic mass is 10.1. The van der Waals surface area contributed by atoms with Crippen molar-refractivity contribution in [3.05, 3.63) is 34.9 Å². The molecule has 0 aliphatic carbocycles. The number of rotatable bonds is 4. The quantitative estimate of drug-likeness (QED) is 0.849. The van der Waals surface area contributed by atoms with Crippen molar-refractivity contribution in [1.29, 1.82) is 0 Å². The first-order chi connectivity index (χ1) is 9.15. The van der Waals surface area contributed by atoms with Crippen LogP contribution in [0, 0.1) is 0 Å². The Hall–Kier alpha value is -1.06. The topological polar surface area (TPSA) is 29.5 Å². The van der Waals surface area contributed by atoms with Gasteiger partial charge in [0.1, 0.15) is 0 Å². The Labute approximate surface area is 119 Å². The van der Waals surface area contributed by atoms with Crippen molar-refractivity contribution < 1.29 is 9.53 Å². The number of hydrogen-bond donors (Lipinski definition) is 0. The third-order valence-corrected chi connectivity index (χ3v) is 3.62. The highest BCUT2D eigenvalue weighted by Gasteiger charge is 2.20. The molecule has 0 N–H and O–H groups in total. The monoisotopic (exact) mass is 281 g/mol. The molecule has 0 bridgehead atoms. The van der Waals surface area contributed by atoms with E-state index in [2.05, 4.69) is 0 Å². The van der Waals surface area contributed by atoms with E-state index >= 15 is 0 Å². The van der Waals surface area contributed by atoms with E-state index in [0.717, 1.165) is 31.0 Å². The summed E-state index contributed by atoms with van der Waals surface area (Å²) in [6.07, 6.45) is 2.57. The van der Waals surface area contributed by atoms with Crippen LogP contribution < -0.4 is 0 Å². The van der Waals surface area contributed by atoms with Gasteiger partial charge in [-0.2, -0.15) is 0 Å². The maximum absolute atomic E-state index is 12.0. The zero-order chi connectivity index (χ0) is 13.7. The zero-order valence-electron chi connectivity index (χ0n) is 11.3. The highest BCUT2D eigenvalue weighted by Crippen LogP contribution is 2.13. The average Bonchev–Trinajstić information content (AvgIpc) is 2.41. The van der Waals surface area contributed by atoms with Gasteiger partial charge in [-0.05, 0) is 37.5 Å². The summed E-state index contributed by atoms with van der Waals surface area (Å²) in [6.45, 7) is 4.11. The van der Waals surface area contributed by atoms with Gasteiger partial charge in [-0.15, -0.1) is 0 Å². The molecule has 0 spiro atoms. The first kappa shape index (κ1) is 14.4. The highest BCUT2D eigenvalue weighted by atomic mass is 35.5. The van der Waals surface area contributed by atoms with Crippen LogP contribution in [0.4, 0.5) is 0 Å². The maximum atomic E-state index is 12.0. The summed E-state index contributed by atoms with van der Waals surface area (Å²) in [7, 11) is 0. The van der Waals surface area contributed by atoms with Gasteiger partial charge in [-0.25, -0.2) is 0 Å². The molecule has 4 heteroatoms. The molecule has 1 aromatic carbocycles. The van der Waals surface area contributed by atoms with Crippen LogP contribution in [0.3, 0.4) is 0 Å². The molecule has 1 aromatic rings. The SMILES string of the molecule is CC1CN(C(=O)CCCc2ccc(Cl)cc2)CCO1. The minimum atomic E-state index is 0.161. The molecule has 1 amide bonds. The number of hydrogen-bond acceptors (Lipinski definition) is 2. The molecule has 3 nitrogen and oxygen atoms in total. The first-order valence-electron chi connectivity index (χ1n) is 6.79. The van der Waals surface area contributed by atoms with E-state index in [9.17, 15) is 4.79 Å². The summed E-state index contributed by atoms with van der Waals surface area (Å²) in [5, 5.41) is 0.752. The number of benzene rings is 1. The minimum Gasteiger partial charge on any atom is -0.375 e. The summed E-state index contributed by atoms with van der Waals surface area (Å²) < 4.78 is 5.44. The van der Waals surface area contributed by atoms with Gasteiger partial charge in [0, 0.05) is 24.5 Å². The third kappa shape index (κ3) is 4.51. The summed E-state index contributed by atoms with van der Waals surface area (Å²) in [6, 6.07) is 7.82. The van der Waals surface area contributed by atoms with Gasteiger partial charge < -0.3 is 9.64 Å². The van der Waals surface area contributed by atoms with Crippen molar-refractivity contribution >= 4 is 17.5 Å². The van der Waals surface area contributed by atoms with E-state index in [-0.39, 0.29) is 12.0 Å². The molecular weight excluding hydrogens is 262 g/mol. The summed E-state index contributed by atoms with van der Waals surface area (Å²) in [5.41, 5.74) is 1.23. The van der Waals surface area contributed by atoms with Crippen LogP contribution in [0.1, 0.15) is 25.3 Å². The van der Waals surface area contributed by atoms with Gasteiger partial charge in [0.2, 0.25) is 5.91 Å². The van der Waals surface area contributed by atoms with Crippen LogP contribution in [-0.4, -0.2) is 36.6 Å². The van der Waals surface area contributed by atoms with Crippen LogP contribution in [0.25, 0.3) is 0 Å². The zero-order valence-corrected chi connectivity index (χ0v) is 12.0. The fraction of sp³-hybridized carbons (Fsp3) is 0.533. The number of halogens is 1. The molecule has 104 valence electrons. The van der Waals surface area contributed by atoms with Crippen LogP contribution in [-0.2, 0) is 16.0 Å². The van der Waals surface area contributed by atoms with E-state index in [1.807, 2.05) is 36.1 Å². The standard InChI is InChI=1S/C15H20ClNO2/c1-12-11-17(9-10-19-12)15(18)4-2-3-13-5-7-14(16)8-6-13/h5-8,12H,2-4,9-11H2,1H3. The average molecular weight is 282 g/mol. The fourth-order valence-corrected chi connectivity index (χ4v) is 2.42. The largest absolute Gasteiger partial charge is 0.375 e. The van der Waals surface area contributed by atoms with Gasteiger partial charge in [0.25, 0.3) is 0 Å². The summed E-state index contributed by atoms with van der Waals surface area (Å²) >= 11 is 5.84. The molecule has 1 aliphatic rings. The Bertz CT molecular complexity index is 419. The van der Waals surface area contributed by atoms with Gasteiger partial charge in [0.15, 0.2) is 0 Å². The molecule has 0 saturated carbocycles. The van der Waals surface area contributed by atoms with Crippen molar-refractivity contribution in [2.75, 3.05) is 19.7 Å². The van der Waals surface area contributed by atoms with Gasteiger partial charge >= 0.3 is 0 Å². The summed E-state index contributed by atoms with van der Waals surface area (Å²) in [5.74, 6) is 0.240. The number of aryl methyl sites for hydroxylation is 1. The number of amides is 1. The number of ether oxygens (including phenoxy) is 1. The van der Waals surface area contributed by atoms with E-state index in [1.165, 1.54) is 5.56 Å². The van der Waals surface area contributed by atoms with E-state index in [4.69, 9.17) is 16.3 Å². The van der Waals surface area contributed by atoms with Gasteiger partial charge in [-0.1, -0.05) is 23.7 Å². The Kier molecular flexibility index (Phi) is 5.23. The molecule has 1 atom stereocenters. The molecule has 1 saturated heterocycles. The molecular formula is C15H20ClNO2. The van der Waals surface area contributed by atoms with Crippen molar-refractivity contribution in [2.24, 2.45) is 0 Å². The maximum Gasteiger partial charge on any atom is 0.222 e. The Morgan fingerprint density at radius 2 is 2.16 bits per heavy atom. The molecule has 2 rings (SSSR count). The van der Waals surface area contributed by atoms with Crippen LogP contribution in [0.2, 0.25) is 5.02 Å². The normalized spacial score (nSPS) is 19.5. The molecule has 1 aliphatic heterocycles. The van der Waals surface area contributed by atoms with Gasteiger partial charge in [-0.3, -0.25) is 4.79 Å². The second-order valence-corrected chi connectivity index (χ2v) is 5.44. The van der Waals surface area contributed by atoms with E-state index in [1.54, 1.807) is 0 Å². The molecule has 0 radical (unpaired) electrons. The highest BCUT2D eigenvalue weighted by molar-refractivity contribution is 6.30. The minimum absolute atomic E-state index is 0.161. The Morgan fingerprint density at radius 1 is 1.42 bits per heavy atom. The predicted molar refractivity (Wildman–Crippen MR) is 76.4 cm³/mol. The van der Waals surface area contributed by atoms with Crippen LogP contribution in [0.15, 0.2) is 24.3 Å². The van der Waals surface area contributed by atoms with Crippen molar-refractivity contribution in [2.45, 2.75) is 32.3 Å². The lowest BCUT2D eigenvalue weighted by Gasteiger charge is -2.31. The lowest BCUT2D eigenvalue weighted by Crippen LogP contribution is -2.44. The van der Waals surface area contributed by atoms with Crippen LogP contribution >= 0.6 is 11.6 Å².